The first-order valence-corrected chi connectivity index (χ1v) is 37.4. The third-order valence-electron chi connectivity index (χ3n) is 20.1. The lowest BCUT2D eigenvalue weighted by Gasteiger charge is -2.16. The van der Waals surface area contributed by atoms with Gasteiger partial charge < -0.3 is 79.8 Å². The van der Waals surface area contributed by atoms with Crippen LogP contribution >= 0.6 is 0 Å². The number of carbonyl (C=O) groups is 8. The Hall–Kier alpha value is -17.4. The molecule has 16 rings (SSSR count). The van der Waals surface area contributed by atoms with Crippen LogP contribution in [0.5, 0.6) is 46.0 Å². The summed E-state index contributed by atoms with van der Waals surface area (Å²) in [7, 11) is 12.4. The largest absolute Gasteiger partial charge is 0.496 e. The average molecular weight is 1660 g/mol. The highest BCUT2D eigenvalue weighted by Crippen LogP contribution is 2.41. The zero-order valence-electron chi connectivity index (χ0n) is 66.8. The number of benzene rings is 8. The molecule has 16 aromatic rings. The Morgan fingerprint density at radius 3 is 0.581 bits per heavy atom. The van der Waals surface area contributed by atoms with Crippen molar-refractivity contribution < 1.29 is 85.9 Å². The topological polar surface area (TPSA) is 450 Å². The van der Waals surface area contributed by atoms with Crippen LogP contribution < -0.4 is 75.1 Å². The average Bonchev–Trinajstić information content (AvgIpc) is 0.773. The Labute approximate surface area is 699 Å². The molecule has 616 valence electrons. The summed E-state index contributed by atoms with van der Waals surface area (Å²) in [5, 5.41) is 35.2. The van der Waals surface area contributed by atoms with Gasteiger partial charge in [0.1, 0.15) is 85.9 Å². The van der Waals surface area contributed by atoms with E-state index < -0.39 is 52.2 Å². The van der Waals surface area contributed by atoms with Gasteiger partial charge in [0.15, 0.2) is 11.2 Å². The first kappa shape index (κ1) is 80.4. The summed E-state index contributed by atoms with van der Waals surface area (Å²) in [5.41, 5.74) is 0.300. The Kier molecular flexibility index (Phi) is 21.7. The van der Waals surface area contributed by atoms with Crippen LogP contribution in [0.1, 0.15) is 83.9 Å². The predicted octanol–water partition coefficient (Wildman–Crippen LogP) is 14.6. The van der Waals surface area contributed by atoms with E-state index in [0.717, 1.165) is 0 Å². The predicted molar refractivity (Wildman–Crippen MR) is 460 cm³/mol. The molecule has 35 nitrogen and oxygen atoms in total. The van der Waals surface area contributed by atoms with Gasteiger partial charge in [-0.3, -0.25) is 43.7 Å². The summed E-state index contributed by atoms with van der Waals surface area (Å²) in [6.07, 6.45) is 0. The van der Waals surface area contributed by atoms with Gasteiger partial charge in [-0.2, -0.15) is 0 Å². The molecule has 0 saturated carbocycles. The molecule has 0 unspecified atom stereocenters. The van der Waals surface area contributed by atoms with Crippen LogP contribution in [-0.4, -0.2) is 156 Å². The highest BCUT2D eigenvalue weighted by molar-refractivity contribution is 6.19. The molecule has 0 saturated heterocycles. The van der Waals surface area contributed by atoms with Gasteiger partial charge in [0.25, 0.3) is 47.0 Å². The van der Waals surface area contributed by atoms with Crippen molar-refractivity contribution in [2.24, 2.45) is 0 Å². The van der Waals surface area contributed by atoms with E-state index in [9.17, 15) is 48.5 Å². The quantitative estimate of drug-likeness (QED) is 0.0168. The maximum atomic E-state index is 14.8. The van der Waals surface area contributed by atoms with E-state index in [2.05, 4.69) is 52.2 Å². The lowest BCUT2D eigenvalue weighted by Crippen LogP contribution is -2.18. The summed E-state index contributed by atoms with van der Waals surface area (Å²) in [6, 6.07) is 49.8. The summed E-state index contributed by atoms with van der Waals surface area (Å²) < 4.78 is 50.7. The minimum Gasteiger partial charge on any atom is -0.496 e. The number of anilines is 7. The maximum Gasteiger partial charge on any atom is 0.356 e. The molecule has 8 heterocycles. The minimum absolute atomic E-state index is 0.0602. The van der Waals surface area contributed by atoms with Gasteiger partial charge in [-0.1, -0.05) is 48.5 Å². The fourth-order valence-electron chi connectivity index (χ4n) is 14.3. The van der Waals surface area contributed by atoms with Crippen molar-refractivity contribution in [1.82, 2.24) is 39.9 Å². The number of nitrogens with zero attached hydrogens (tertiary/aromatic N) is 9. The first-order chi connectivity index (χ1) is 60.1. The van der Waals surface area contributed by atoms with Gasteiger partial charge in [-0.25, -0.2) is 44.7 Å². The lowest BCUT2D eigenvalue weighted by molar-refractivity contribution is -0.383. The number of methoxy groups -OCH3 is 9. The lowest BCUT2D eigenvalue weighted by atomic mass is 10.1. The van der Waals surface area contributed by atoms with E-state index in [4.69, 9.17) is 67.6 Å². The molecule has 0 aliphatic carbocycles. The van der Waals surface area contributed by atoms with Crippen LogP contribution in [0.3, 0.4) is 0 Å². The number of nitro benzene ring substituents is 1. The van der Waals surface area contributed by atoms with Gasteiger partial charge >= 0.3 is 5.97 Å². The van der Waals surface area contributed by atoms with E-state index in [1.165, 1.54) is 125 Å². The second-order valence-electron chi connectivity index (χ2n) is 27.2. The molecule has 8 aromatic carbocycles. The molecule has 0 spiro atoms. The van der Waals surface area contributed by atoms with Crippen molar-refractivity contribution in [3.63, 3.8) is 0 Å². The molecule has 8 aromatic heterocycles. The Morgan fingerprint density at radius 1 is 0.242 bits per heavy atom. The molecule has 0 aliphatic heterocycles. The molecule has 7 N–H and O–H groups in total. The number of nitro groups is 1. The number of nitrogens with one attached hydrogen (secondary N) is 7. The molecule has 7 amide bonds. The van der Waals surface area contributed by atoms with Crippen molar-refractivity contribution in [3.8, 4) is 46.0 Å². The third-order valence-corrected chi connectivity index (χ3v) is 20.1. The Balaban J connectivity index is 0.643. The smallest absolute Gasteiger partial charge is 0.356 e. The molecule has 0 aliphatic rings. The molecule has 0 atom stereocenters. The zero-order chi connectivity index (χ0) is 86.9. The van der Waals surface area contributed by atoms with E-state index >= 15 is 0 Å². The number of amides is 7. The molecular formula is C89H66N16O19. The fourth-order valence-corrected chi connectivity index (χ4v) is 14.3. The maximum absolute atomic E-state index is 14.8. The molecular weight excluding hydrogens is 1600 g/mol. The summed E-state index contributed by atoms with van der Waals surface area (Å²) in [5.74, 6) is -4.31. The number of fused-ring (bicyclic) bond motifs is 8. The monoisotopic (exact) mass is 1660 g/mol. The van der Waals surface area contributed by atoms with Crippen molar-refractivity contribution in [1.29, 1.82) is 0 Å². The van der Waals surface area contributed by atoms with Gasteiger partial charge in [0.05, 0.1) is 147 Å². The highest BCUT2D eigenvalue weighted by Gasteiger charge is 2.29. The Bertz CT molecular complexity index is 7230. The zero-order valence-corrected chi connectivity index (χ0v) is 66.8. The van der Waals surface area contributed by atoms with Crippen LogP contribution in [0, 0.1) is 10.1 Å². The number of non-ortho nitro benzene ring substituents is 1. The second-order valence-corrected chi connectivity index (χ2v) is 27.2. The normalized spacial score (nSPS) is 11.1. The van der Waals surface area contributed by atoms with Crippen LogP contribution in [0.25, 0.3) is 87.2 Å². The number of para-hydroxylation sites is 8. The summed E-state index contributed by atoms with van der Waals surface area (Å²) >= 11 is 0. The number of hydrogen-bond acceptors (Lipinski definition) is 27. The fraction of sp³-hybridized carbons (Fsp3) is 0.101. The molecule has 0 bridgehead atoms. The van der Waals surface area contributed by atoms with Crippen molar-refractivity contribution in [3.05, 3.63) is 250 Å². The molecule has 0 radical (unpaired) electrons. The SMILES string of the molecule is COC(=O)c1cc(OC)c2cccc(NC(=O)c3cc(OC)c4cccc(NC(=O)c5cc(OC)c6cccc(NC(=O)c7cc(OC)c8cccc(NC(=O)c9cc(OC)c%10cccc(NC(=O)c%11cc(OC)c%12cccc(NC(=O)c%13cc(OC)c%14cccc(NC(=O)c%15cc(OC)c%16cccc([N+](=O)[O-])c%16n%15)c%14n%13)c%12n%11)c%10n9)c8n7)c6n5)c4n3)c2n1. The summed E-state index contributed by atoms with van der Waals surface area (Å²) in [6.45, 7) is 0. The minimum atomic E-state index is -0.777. The number of carbonyl (C=O) groups excluding carboxylic acids is 8. The van der Waals surface area contributed by atoms with Crippen LogP contribution in [0.2, 0.25) is 0 Å². The number of hydrogen-bond donors (Lipinski definition) is 7. The third kappa shape index (κ3) is 15.1. The number of ether oxygens (including phenoxy) is 9. The van der Waals surface area contributed by atoms with E-state index in [1.807, 2.05) is 0 Å². The van der Waals surface area contributed by atoms with E-state index in [0.29, 0.717) is 48.8 Å². The van der Waals surface area contributed by atoms with Crippen molar-refractivity contribution in [2.75, 3.05) is 101 Å². The summed E-state index contributed by atoms with van der Waals surface area (Å²) in [4.78, 5) is 163. The van der Waals surface area contributed by atoms with Crippen LogP contribution in [0.15, 0.2) is 194 Å². The van der Waals surface area contributed by atoms with Crippen LogP contribution in [-0.2, 0) is 4.74 Å². The van der Waals surface area contributed by atoms with Gasteiger partial charge in [-0.15, -0.1) is 0 Å². The highest BCUT2D eigenvalue weighted by atomic mass is 16.6. The molecule has 0 fully saturated rings. The van der Waals surface area contributed by atoms with Gasteiger partial charge in [-0.05, 0) is 91.0 Å². The van der Waals surface area contributed by atoms with Crippen LogP contribution in [0.4, 0.5) is 45.5 Å². The standard InChI is InChI=1S/C89H66N16O19/c1-116-66-34-57(90-75-43(66)19-11-27-51(75)99-84(108)59-36-68(118-3)45-21-13-29-53(77(45)92-59)101-86(110)61-38-70(120-5)47-23-15-31-55(79(47)94-61)103-88(112)63-40-72(122-7)49-25-17-33-65(105(114)115)81(49)96-63)82(106)98-50-26-10-18-42-67(117-2)35-58(91-74(42)50)83(107)100-52-28-12-20-44-69(119-4)37-60(93-76(44)52)85(109)102-54-30-14-22-46-71(121-6)39-62(95-78(46)54)87(111)104-56-32-16-24-48-73(123-8)41-64(89(113)124-9)97-80(48)56/h10-41H,1-9H3,(H,98,106)(H,99,108)(H,100,107)(H,101,110)(H,102,109)(H,103,112)(H,104,111). The molecule has 124 heavy (non-hydrogen) atoms. The number of esters is 1. The molecule has 35 heteroatoms. The number of rotatable bonds is 24. The first-order valence-electron chi connectivity index (χ1n) is 37.4. The van der Waals surface area contributed by atoms with Crippen molar-refractivity contribution in [2.45, 2.75) is 0 Å². The Morgan fingerprint density at radius 2 is 0.403 bits per heavy atom. The van der Waals surface area contributed by atoms with Crippen molar-refractivity contribution >= 4 is 180 Å². The van der Waals surface area contributed by atoms with E-state index in [1.54, 1.807) is 133 Å². The number of aromatic nitrogens is 8. The van der Waals surface area contributed by atoms with E-state index in [-0.39, 0.29) is 175 Å². The van der Waals surface area contributed by atoms with Gasteiger partial charge in [0.2, 0.25) is 0 Å². The number of pyridine rings is 8. The second kappa shape index (κ2) is 33.5. The van der Waals surface area contributed by atoms with Gasteiger partial charge in [0, 0.05) is 97.7 Å².